The van der Waals surface area contributed by atoms with Crippen molar-refractivity contribution in [3.63, 3.8) is 0 Å². The van der Waals surface area contributed by atoms with Crippen LogP contribution >= 0.6 is 23.5 Å². The highest BCUT2D eigenvalue weighted by Gasteiger charge is 2.55. The lowest BCUT2D eigenvalue weighted by atomic mass is 9.81. The zero-order chi connectivity index (χ0) is 43.5. The Kier molecular flexibility index (Phi) is 14.4. The number of benzene rings is 2. The largest absolute Gasteiger partial charge is 0.343 e. The summed E-state index contributed by atoms with van der Waals surface area (Å²) < 4.78 is 0. The van der Waals surface area contributed by atoms with Crippen LogP contribution in [-0.2, 0) is 48.0 Å². The molecule has 0 unspecified atom stereocenters. The molecule has 4 saturated heterocycles. The van der Waals surface area contributed by atoms with Crippen molar-refractivity contribution in [1.29, 1.82) is 0 Å². The van der Waals surface area contributed by atoms with E-state index in [1.165, 1.54) is 0 Å². The van der Waals surface area contributed by atoms with Gasteiger partial charge in [-0.25, -0.2) is 0 Å². The van der Waals surface area contributed by atoms with E-state index in [1.54, 1.807) is 61.3 Å². The first-order chi connectivity index (χ1) is 28.4. The van der Waals surface area contributed by atoms with Crippen molar-refractivity contribution in [3.8, 4) is 0 Å². The van der Waals surface area contributed by atoms with Gasteiger partial charge in [-0.1, -0.05) is 64.1 Å². The summed E-state index contributed by atoms with van der Waals surface area (Å²) in [5.41, 5.74) is 2.93. The minimum Gasteiger partial charge on any atom is -0.343 e. The Morgan fingerprint density at radius 2 is 1.08 bits per heavy atom. The summed E-state index contributed by atoms with van der Waals surface area (Å²) in [5, 5.41) is 14.5. The second-order valence-electron chi connectivity index (χ2n) is 18.2. The van der Waals surface area contributed by atoms with Gasteiger partial charge in [0.2, 0.25) is 29.5 Å². The summed E-state index contributed by atoms with van der Waals surface area (Å²) in [5.74, 6) is 0.360. The molecule has 4 fully saturated rings. The average Bonchev–Trinajstić information content (AvgIpc) is 3.53. The highest BCUT2D eigenvalue weighted by molar-refractivity contribution is 8.00. The third kappa shape index (κ3) is 10.1. The molecule has 13 nitrogen and oxygen atoms in total. The van der Waals surface area contributed by atoms with Gasteiger partial charge in [-0.05, 0) is 118 Å². The first kappa shape index (κ1) is 45.6. The Bertz CT molecular complexity index is 1790. The van der Waals surface area contributed by atoms with Crippen molar-refractivity contribution in [1.82, 2.24) is 31.1 Å². The van der Waals surface area contributed by atoms with Crippen LogP contribution in [0.4, 0.5) is 5.69 Å². The molecule has 15 heteroatoms. The molecule has 6 rings (SSSR count). The molecule has 0 radical (unpaired) electrons. The monoisotopic (exact) mass is 861 g/mol. The molecule has 0 aliphatic carbocycles. The number of anilines is 1. The fourth-order valence-electron chi connectivity index (χ4n) is 9.04. The van der Waals surface area contributed by atoms with Crippen LogP contribution in [0, 0.1) is 10.8 Å². The Labute approximate surface area is 363 Å². The summed E-state index contributed by atoms with van der Waals surface area (Å²) in [6, 6.07) is 12.4. The molecule has 0 spiro atoms. The number of nitrogens with zero attached hydrogens (tertiary/aromatic N) is 2. The second-order valence-corrected chi connectivity index (χ2v) is 20.8. The molecule has 8 atom stereocenters. The molecular weight excluding hydrogens is 799 g/mol. The maximum absolute atomic E-state index is 14.0. The second kappa shape index (κ2) is 19.0. The normalized spacial score (nSPS) is 26.9. The number of hydrogen-bond acceptors (Lipinski definition) is 10. The van der Waals surface area contributed by atoms with Gasteiger partial charge in [-0.15, -0.1) is 23.5 Å². The molecule has 4 aliphatic rings. The van der Waals surface area contributed by atoms with Crippen LogP contribution in [0.25, 0.3) is 0 Å². The Morgan fingerprint density at radius 1 is 0.667 bits per heavy atom. The van der Waals surface area contributed by atoms with Gasteiger partial charge < -0.3 is 36.4 Å². The Morgan fingerprint density at radius 3 is 1.55 bits per heavy atom. The van der Waals surface area contributed by atoms with E-state index in [1.807, 2.05) is 50.2 Å². The van der Waals surface area contributed by atoms with Crippen LogP contribution < -0.4 is 26.6 Å². The average molecular weight is 862 g/mol. The number of ketones is 1. The number of carbonyl (C=O) groups excluding carboxylic acids is 6. The minimum absolute atomic E-state index is 0.00714. The topological polar surface area (TPSA) is 169 Å². The molecule has 5 amide bonds. The molecule has 0 aromatic heterocycles. The number of hydrogen-bond donors (Lipinski definition) is 5. The van der Waals surface area contributed by atoms with Crippen LogP contribution in [0.2, 0.25) is 0 Å². The van der Waals surface area contributed by atoms with Gasteiger partial charge in [-0.3, -0.25) is 28.8 Å². The van der Waals surface area contributed by atoms with Crippen LogP contribution in [0.1, 0.15) is 83.9 Å². The predicted octanol–water partition coefficient (Wildman–Crippen LogP) is 3.89. The summed E-state index contributed by atoms with van der Waals surface area (Å²) in [6.07, 6.45) is 4.23. The maximum atomic E-state index is 14.0. The van der Waals surface area contributed by atoms with Gasteiger partial charge in [0.25, 0.3) is 0 Å². The van der Waals surface area contributed by atoms with Gasteiger partial charge in [0.15, 0.2) is 5.78 Å². The summed E-state index contributed by atoms with van der Waals surface area (Å²) in [7, 11) is 3.41. The number of likely N-dealkylation sites (N-methyl/N-ethyl adjacent to an activating group) is 2. The quantitative estimate of drug-likeness (QED) is 0.188. The number of thioether (sulfide) groups is 2. The van der Waals surface area contributed by atoms with E-state index in [9.17, 15) is 28.8 Å². The van der Waals surface area contributed by atoms with Crippen molar-refractivity contribution in [2.45, 2.75) is 133 Å². The van der Waals surface area contributed by atoms with E-state index >= 15 is 0 Å². The summed E-state index contributed by atoms with van der Waals surface area (Å²) >= 11 is 3.37. The van der Waals surface area contributed by atoms with Gasteiger partial charge in [-0.2, -0.15) is 0 Å². The van der Waals surface area contributed by atoms with Gasteiger partial charge in [0.1, 0.15) is 18.1 Å². The number of rotatable bonds is 14. The van der Waals surface area contributed by atoms with Crippen LogP contribution in [0.3, 0.4) is 0 Å². The molecule has 60 heavy (non-hydrogen) atoms. The zero-order valence-electron chi connectivity index (χ0n) is 36.3. The highest BCUT2D eigenvalue weighted by atomic mass is 32.2. The van der Waals surface area contributed by atoms with E-state index in [2.05, 4.69) is 52.6 Å². The van der Waals surface area contributed by atoms with Crippen LogP contribution in [0.5, 0.6) is 0 Å². The Hall–Kier alpha value is -3.92. The van der Waals surface area contributed by atoms with Crippen molar-refractivity contribution >= 4 is 64.5 Å². The van der Waals surface area contributed by atoms with Crippen molar-refractivity contribution in [2.75, 3.05) is 30.9 Å². The molecule has 4 aliphatic heterocycles. The molecule has 5 N–H and O–H groups in total. The minimum atomic E-state index is -0.684. The fraction of sp³-hybridized carbons (Fsp3) is 0.600. The summed E-state index contributed by atoms with van der Waals surface area (Å²) in [6.45, 7) is 11.7. The van der Waals surface area contributed by atoms with Crippen LogP contribution in [-0.4, -0.2) is 118 Å². The molecule has 0 saturated carbocycles. The lowest BCUT2D eigenvalue weighted by Crippen LogP contribution is -2.57. The number of Topliss-reactive ketones (excluding diaryl/α,β-unsaturated/α-hetero) is 1. The van der Waals surface area contributed by atoms with E-state index in [-0.39, 0.29) is 52.5 Å². The van der Waals surface area contributed by atoms with Gasteiger partial charge in [0, 0.05) is 12.1 Å². The molecule has 2 aromatic rings. The Balaban J connectivity index is 1.04. The first-order valence-corrected chi connectivity index (χ1v) is 23.4. The number of carbonyl (C=O) groups is 6. The molecule has 326 valence electrons. The van der Waals surface area contributed by atoms with E-state index in [0.717, 1.165) is 41.7 Å². The lowest BCUT2D eigenvalue weighted by molar-refractivity contribution is -0.142. The summed E-state index contributed by atoms with van der Waals surface area (Å²) in [4.78, 5) is 84.6. The van der Waals surface area contributed by atoms with E-state index in [0.29, 0.717) is 30.7 Å². The maximum Gasteiger partial charge on any atom is 0.247 e. The number of fused-ring (bicyclic) bond motifs is 2. The zero-order valence-corrected chi connectivity index (χ0v) is 37.9. The number of amides is 5. The SMILES string of the molecule is CN[C@@H](C)C(=O)N[C@H]1CCS[C@H]2CC(C)(C)[C@@H](C(=O)Cc3ccc(CCc4ccc(NC(=O)[C@H]5N6C(=O)[C@@H](NC(=O)[C@H](C)NC)CCS[C@H]6CC5(C)C)cc4)cc3)N2C1=O. The third-order valence-corrected chi connectivity index (χ3v) is 15.3. The predicted molar refractivity (Wildman–Crippen MR) is 238 cm³/mol. The lowest BCUT2D eigenvalue weighted by Gasteiger charge is -2.34. The number of nitrogens with one attached hydrogen (secondary N) is 5. The standard InChI is InChI=1S/C45H63N7O6S2/c1-26(46-7)39(54)49-32-19-21-59-35-24-44(3,4)37(51(35)42(32)57)34(53)23-30-13-11-28(12-14-30)9-10-29-15-17-31(18-16-29)48-41(56)38-45(5,6)25-36-52(38)43(58)33(20-22-60-36)50-40(55)27(2)47-8/h11-18,26-27,32-33,35-38,46-47H,9-10,19-25H2,1-8H3,(H,48,56)(H,49,54)(H,50,55)/t26-,27-,32-,33-,35-,36-,37+,38+/m0/s1. The number of aryl methyl sites for hydroxylation is 2. The fourth-order valence-corrected chi connectivity index (χ4v) is 12.2. The molecule has 0 bridgehead atoms. The van der Waals surface area contributed by atoms with Gasteiger partial charge in [0.05, 0.1) is 28.9 Å². The van der Waals surface area contributed by atoms with E-state index < -0.39 is 47.1 Å². The van der Waals surface area contributed by atoms with Crippen LogP contribution in [0.15, 0.2) is 48.5 Å². The molecular formula is C45H63N7O6S2. The van der Waals surface area contributed by atoms with Crippen molar-refractivity contribution in [3.05, 3.63) is 65.2 Å². The smallest absolute Gasteiger partial charge is 0.247 e. The van der Waals surface area contributed by atoms with Crippen molar-refractivity contribution < 1.29 is 28.8 Å². The van der Waals surface area contributed by atoms with E-state index in [4.69, 9.17) is 0 Å². The molecule has 4 heterocycles. The molecule has 2 aromatic carbocycles. The highest BCUT2D eigenvalue weighted by Crippen LogP contribution is 2.48. The third-order valence-electron chi connectivity index (χ3n) is 12.8. The first-order valence-electron chi connectivity index (χ1n) is 21.3. The van der Waals surface area contributed by atoms with Gasteiger partial charge >= 0.3 is 0 Å². The van der Waals surface area contributed by atoms with Crippen molar-refractivity contribution in [2.24, 2.45) is 10.8 Å².